The molecule has 140 valence electrons. The normalized spacial score (nSPS) is 10.6. The number of unbranched alkanes of at least 4 members (excludes halogenated alkanes) is 12. The van der Waals surface area contributed by atoms with Gasteiger partial charge in [-0.1, -0.05) is 89.9 Å². The molecule has 0 N–H and O–H groups in total. The van der Waals surface area contributed by atoms with Crippen LogP contribution < -0.4 is 4.74 Å². The van der Waals surface area contributed by atoms with Gasteiger partial charge in [0.1, 0.15) is 11.6 Å². The maximum absolute atomic E-state index is 13.5. The van der Waals surface area contributed by atoms with Crippen LogP contribution in [0.25, 0.3) is 0 Å². The molecular formula is C23H35FO. The number of halogens is 1. The van der Waals surface area contributed by atoms with Gasteiger partial charge in [0, 0.05) is 6.07 Å². The smallest absolute Gasteiger partial charge is 0.142 e. The molecular weight excluding hydrogens is 311 g/mol. The zero-order valence-electron chi connectivity index (χ0n) is 16.0. The van der Waals surface area contributed by atoms with Crippen molar-refractivity contribution in [3.05, 3.63) is 29.6 Å². The van der Waals surface area contributed by atoms with Crippen molar-refractivity contribution in [1.82, 2.24) is 0 Å². The van der Waals surface area contributed by atoms with Crippen LogP contribution in [0.2, 0.25) is 0 Å². The van der Waals surface area contributed by atoms with E-state index in [9.17, 15) is 4.39 Å². The predicted molar refractivity (Wildman–Crippen MR) is 106 cm³/mol. The molecule has 1 rings (SSSR count). The van der Waals surface area contributed by atoms with Crippen molar-refractivity contribution in [3.8, 4) is 18.1 Å². The van der Waals surface area contributed by atoms with Crippen LogP contribution in [0.1, 0.15) is 96.0 Å². The fourth-order valence-corrected chi connectivity index (χ4v) is 3.01. The first-order valence-corrected chi connectivity index (χ1v) is 10.2. The lowest BCUT2D eigenvalue weighted by Crippen LogP contribution is -1.98. The van der Waals surface area contributed by atoms with Gasteiger partial charge in [0.25, 0.3) is 0 Å². The van der Waals surface area contributed by atoms with Crippen LogP contribution in [0.15, 0.2) is 18.2 Å². The largest absolute Gasteiger partial charge is 0.493 e. The van der Waals surface area contributed by atoms with Gasteiger partial charge in [-0.3, -0.25) is 0 Å². The summed E-state index contributed by atoms with van der Waals surface area (Å²) >= 11 is 0. The van der Waals surface area contributed by atoms with Gasteiger partial charge in [0.05, 0.1) is 12.2 Å². The Bertz CT molecular complexity index is 489. The maximum Gasteiger partial charge on any atom is 0.142 e. The number of ether oxygens (including phenoxy) is 1. The molecule has 0 aliphatic heterocycles. The number of hydrogen-bond acceptors (Lipinski definition) is 1. The average Bonchev–Trinajstić information content (AvgIpc) is 2.62. The van der Waals surface area contributed by atoms with E-state index in [1.165, 1.54) is 83.1 Å². The Morgan fingerprint density at radius 2 is 1.36 bits per heavy atom. The molecule has 0 saturated heterocycles. The third kappa shape index (κ3) is 10.9. The lowest BCUT2D eigenvalue weighted by Gasteiger charge is -2.07. The van der Waals surface area contributed by atoms with Crippen molar-refractivity contribution < 1.29 is 9.13 Å². The lowest BCUT2D eigenvalue weighted by atomic mass is 10.0. The van der Waals surface area contributed by atoms with Gasteiger partial charge in [-0.15, -0.1) is 6.42 Å². The fourth-order valence-electron chi connectivity index (χ4n) is 3.01. The molecule has 0 bridgehead atoms. The highest BCUT2D eigenvalue weighted by Crippen LogP contribution is 2.17. The third-order valence-electron chi connectivity index (χ3n) is 4.61. The van der Waals surface area contributed by atoms with Crippen LogP contribution in [0.3, 0.4) is 0 Å². The molecule has 0 heterocycles. The first-order valence-electron chi connectivity index (χ1n) is 10.2. The lowest BCUT2D eigenvalue weighted by molar-refractivity contribution is 0.303. The Morgan fingerprint density at radius 3 is 1.84 bits per heavy atom. The van der Waals surface area contributed by atoms with Crippen molar-refractivity contribution in [1.29, 1.82) is 0 Å². The summed E-state index contributed by atoms with van der Waals surface area (Å²) in [5, 5.41) is 0. The van der Waals surface area contributed by atoms with Crippen LogP contribution >= 0.6 is 0 Å². The van der Waals surface area contributed by atoms with E-state index in [4.69, 9.17) is 11.2 Å². The monoisotopic (exact) mass is 346 g/mol. The van der Waals surface area contributed by atoms with Gasteiger partial charge in [0.15, 0.2) is 0 Å². The topological polar surface area (TPSA) is 9.23 Å². The molecule has 25 heavy (non-hydrogen) atoms. The molecule has 0 spiro atoms. The highest BCUT2D eigenvalue weighted by Gasteiger charge is 2.01. The second-order valence-electron chi connectivity index (χ2n) is 6.88. The highest BCUT2D eigenvalue weighted by molar-refractivity contribution is 5.38. The van der Waals surface area contributed by atoms with E-state index >= 15 is 0 Å². The van der Waals surface area contributed by atoms with Crippen molar-refractivity contribution in [2.75, 3.05) is 6.61 Å². The van der Waals surface area contributed by atoms with Crippen molar-refractivity contribution in [3.63, 3.8) is 0 Å². The van der Waals surface area contributed by atoms with E-state index in [-0.39, 0.29) is 11.4 Å². The molecule has 0 aliphatic rings. The summed E-state index contributed by atoms with van der Waals surface area (Å²) in [5.41, 5.74) is 0.285. The van der Waals surface area contributed by atoms with Crippen LogP contribution in [0, 0.1) is 18.2 Å². The molecule has 0 saturated carbocycles. The van der Waals surface area contributed by atoms with Gasteiger partial charge in [-0.2, -0.15) is 0 Å². The van der Waals surface area contributed by atoms with Gasteiger partial charge < -0.3 is 4.74 Å². The minimum Gasteiger partial charge on any atom is -0.493 e. The molecule has 0 atom stereocenters. The zero-order chi connectivity index (χ0) is 18.2. The van der Waals surface area contributed by atoms with Gasteiger partial charge >= 0.3 is 0 Å². The molecule has 1 aromatic rings. The highest BCUT2D eigenvalue weighted by atomic mass is 19.1. The van der Waals surface area contributed by atoms with E-state index in [1.807, 2.05) is 0 Å². The molecule has 0 aliphatic carbocycles. The van der Waals surface area contributed by atoms with Crippen LogP contribution in [0.5, 0.6) is 5.75 Å². The summed E-state index contributed by atoms with van der Waals surface area (Å²) in [6.07, 6.45) is 22.5. The number of terminal acetylenes is 1. The Labute approximate surface area is 154 Å². The summed E-state index contributed by atoms with van der Waals surface area (Å²) < 4.78 is 19.1. The van der Waals surface area contributed by atoms with E-state index < -0.39 is 0 Å². The number of rotatable bonds is 15. The van der Waals surface area contributed by atoms with E-state index in [2.05, 4.69) is 12.8 Å². The SMILES string of the molecule is C#Cc1ccc(OCCCCCCCCCCCCCCC)cc1F. The molecule has 0 aromatic heterocycles. The van der Waals surface area contributed by atoms with Gasteiger partial charge in [0.2, 0.25) is 0 Å². The molecule has 1 nitrogen and oxygen atoms in total. The summed E-state index contributed by atoms with van der Waals surface area (Å²) in [4.78, 5) is 0. The Kier molecular flexibility index (Phi) is 12.8. The minimum atomic E-state index is -0.384. The molecule has 0 radical (unpaired) electrons. The Hall–Kier alpha value is -1.49. The summed E-state index contributed by atoms with van der Waals surface area (Å²) in [6.45, 7) is 2.91. The van der Waals surface area contributed by atoms with Gasteiger partial charge in [-0.25, -0.2) is 4.39 Å². The van der Waals surface area contributed by atoms with E-state index in [0.717, 1.165) is 6.42 Å². The molecule has 2 heteroatoms. The predicted octanol–water partition coefficient (Wildman–Crippen LogP) is 7.28. The molecule has 0 fully saturated rings. The molecule has 1 aromatic carbocycles. The van der Waals surface area contributed by atoms with E-state index in [1.54, 1.807) is 12.1 Å². The zero-order valence-corrected chi connectivity index (χ0v) is 16.0. The summed E-state index contributed by atoms with van der Waals surface area (Å²) in [6, 6.07) is 4.70. The first kappa shape index (κ1) is 21.6. The second-order valence-corrected chi connectivity index (χ2v) is 6.88. The van der Waals surface area contributed by atoms with Crippen LogP contribution in [0.4, 0.5) is 4.39 Å². The Morgan fingerprint density at radius 1 is 0.840 bits per heavy atom. The van der Waals surface area contributed by atoms with Gasteiger partial charge in [-0.05, 0) is 18.6 Å². The molecule has 0 unspecified atom stereocenters. The third-order valence-corrected chi connectivity index (χ3v) is 4.61. The van der Waals surface area contributed by atoms with Crippen molar-refractivity contribution in [2.24, 2.45) is 0 Å². The summed E-state index contributed by atoms with van der Waals surface area (Å²) in [5.74, 6) is 2.49. The molecule has 0 amide bonds. The fraction of sp³-hybridized carbons (Fsp3) is 0.652. The second kappa shape index (κ2) is 14.8. The van der Waals surface area contributed by atoms with E-state index in [0.29, 0.717) is 12.4 Å². The van der Waals surface area contributed by atoms with Crippen LogP contribution in [-0.4, -0.2) is 6.61 Å². The first-order chi connectivity index (χ1) is 12.3. The standard InChI is InChI=1S/C23H35FO/c1-3-5-6-7-8-9-10-11-12-13-14-15-16-19-25-22-18-17-21(4-2)23(24)20-22/h2,17-18,20H,3,5-16,19H2,1H3. The maximum atomic E-state index is 13.5. The summed E-state index contributed by atoms with van der Waals surface area (Å²) in [7, 11) is 0. The average molecular weight is 347 g/mol. The van der Waals surface area contributed by atoms with Crippen molar-refractivity contribution in [2.45, 2.75) is 90.4 Å². The van der Waals surface area contributed by atoms with Crippen LogP contribution in [-0.2, 0) is 0 Å². The quantitative estimate of drug-likeness (QED) is 0.239. The Balaban J connectivity index is 1.88. The number of hydrogen-bond donors (Lipinski definition) is 0. The van der Waals surface area contributed by atoms with Crippen molar-refractivity contribution >= 4 is 0 Å². The minimum absolute atomic E-state index is 0.285. The number of benzene rings is 1.